The van der Waals surface area contributed by atoms with Crippen LogP contribution in [0.15, 0.2) is 48.9 Å². The van der Waals surface area contributed by atoms with E-state index in [1.807, 2.05) is 31.7 Å². The van der Waals surface area contributed by atoms with Gasteiger partial charge in [0.1, 0.15) is 28.9 Å². The van der Waals surface area contributed by atoms with E-state index in [4.69, 9.17) is 0 Å². The van der Waals surface area contributed by atoms with Crippen LogP contribution in [-0.2, 0) is 0 Å². The number of nitrogens with zero attached hydrogens (tertiary/aromatic N) is 5. The van der Waals surface area contributed by atoms with Gasteiger partial charge < -0.3 is 20.6 Å². The van der Waals surface area contributed by atoms with Gasteiger partial charge in [0.15, 0.2) is 0 Å². The number of hydrogen-bond acceptors (Lipinski definition) is 8. The molecule has 162 valence electrons. The maximum atomic E-state index is 13.3. The predicted octanol–water partition coefficient (Wildman–Crippen LogP) is 3.53. The van der Waals surface area contributed by atoms with Crippen LogP contribution < -0.4 is 15.5 Å². The zero-order valence-corrected chi connectivity index (χ0v) is 17.7. The second-order valence-electron chi connectivity index (χ2n) is 8.18. The van der Waals surface area contributed by atoms with E-state index in [2.05, 4.69) is 30.6 Å². The van der Waals surface area contributed by atoms with Crippen molar-refractivity contribution in [3.05, 3.63) is 60.3 Å². The minimum absolute atomic E-state index is 0.135. The highest BCUT2D eigenvalue weighted by Crippen LogP contribution is 2.33. The average molecular weight is 423 g/mol. The molecule has 9 heteroatoms. The number of halogens is 1. The first-order chi connectivity index (χ1) is 14.8. The van der Waals surface area contributed by atoms with Crippen LogP contribution in [0.5, 0.6) is 0 Å². The average Bonchev–Trinajstić information content (AvgIpc) is 2.72. The standard InChI is InChI=1S/C22H26FN7O/c1-14(2)22(31)12-30(13-22)20-10-18(27-19-11-24-8-9-25-19)28-21(29-20)26-15(3)16-4-6-17(23)7-5-16/h4-11,14-15,31H,12-13H2,1-3H3,(H2,25,26,27,28,29)/t15-/m0/s1. The van der Waals surface area contributed by atoms with Crippen molar-refractivity contribution in [2.45, 2.75) is 32.4 Å². The van der Waals surface area contributed by atoms with Crippen molar-refractivity contribution in [2.75, 3.05) is 28.6 Å². The molecule has 0 saturated carbocycles. The van der Waals surface area contributed by atoms with Crippen molar-refractivity contribution >= 4 is 23.4 Å². The Hall–Kier alpha value is -3.33. The second-order valence-corrected chi connectivity index (χ2v) is 8.18. The molecule has 1 saturated heterocycles. The second kappa shape index (κ2) is 8.43. The minimum Gasteiger partial charge on any atom is -0.386 e. The number of nitrogens with one attached hydrogen (secondary N) is 2. The van der Waals surface area contributed by atoms with Gasteiger partial charge in [0.2, 0.25) is 5.95 Å². The van der Waals surface area contributed by atoms with Crippen LogP contribution in [0.3, 0.4) is 0 Å². The molecule has 8 nitrogen and oxygen atoms in total. The third-order valence-electron chi connectivity index (χ3n) is 5.58. The van der Waals surface area contributed by atoms with E-state index in [0.29, 0.717) is 36.5 Å². The zero-order valence-electron chi connectivity index (χ0n) is 17.7. The maximum absolute atomic E-state index is 13.3. The van der Waals surface area contributed by atoms with Crippen LogP contribution >= 0.6 is 0 Å². The first-order valence-electron chi connectivity index (χ1n) is 10.2. The lowest BCUT2D eigenvalue weighted by Gasteiger charge is -2.49. The summed E-state index contributed by atoms with van der Waals surface area (Å²) in [6.07, 6.45) is 4.80. The molecule has 4 rings (SSSR count). The van der Waals surface area contributed by atoms with Crippen molar-refractivity contribution in [1.29, 1.82) is 0 Å². The molecule has 3 N–H and O–H groups in total. The summed E-state index contributed by atoms with van der Waals surface area (Å²) in [7, 11) is 0. The molecule has 0 amide bonds. The lowest BCUT2D eigenvalue weighted by Crippen LogP contribution is -2.65. The van der Waals surface area contributed by atoms with Crippen molar-refractivity contribution in [2.24, 2.45) is 5.92 Å². The van der Waals surface area contributed by atoms with Gasteiger partial charge in [0.25, 0.3) is 0 Å². The first kappa shape index (κ1) is 20.9. The maximum Gasteiger partial charge on any atom is 0.227 e. The molecule has 3 aromatic rings. The van der Waals surface area contributed by atoms with E-state index in [1.165, 1.54) is 12.1 Å². The molecule has 0 radical (unpaired) electrons. The van der Waals surface area contributed by atoms with Crippen molar-refractivity contribution in [1.82, 2.24) is 19.9 Å². The molecule has 1 aliphatic rings. The van der Waals surface area contributed by atoms with E-state index in [0.717, 1.165) is 5.56 Å². The van der Waals surface area contributed by atoms with Crippen LogP contribution in [0.4, 0.5) is 27.8 Å². The molecule has 1 atom stereocenters. The van der Waals surface area contributed by atoms with Gasteiger partial charge in [0, 0.05) is 18.5 Å². The van der Waals surface area contributed by atoms with Crippen LogP contribution in [0.2, 0.25) is 0 Å². The number of anilines is 4. The largest absolute Gasteiger partial charge is 0.386 e. The summed E-state index contributed by atoms with van der Waals surface area (Å²) in [5, 5.41) is 17.1. The van der Waals surface area contributed by atoms with Gasteiger partial charge in [-0.1, -0.05) is 26.0 Å². The van der Waals surface area contributed by atoms with Crippen LogP contribution in [0, 0.1) is 11.7 Å². The molecule has 31 heavy (non-hydrogen) atoms. The van der Waals surface area contributed by atoms with Gasteiger partial charge in [-0.05, 0) is 30.5 Å². The van der Waals surface area contributed by atoms with Crippen molar-refractivity contribution in [3.8, 4) is 0 Å². The van der Waals surface area contributed by atoms with Crippen LogP contribution in [-0.4, -0.2) is 43.7 Å². The Morgan fingerprint density at radius 2 is 1.81 bits per heavy atom. The molecule has 2 aromatic heterocycles. The molecule has 1 aromatic carbocycles. The number of rotatable bonds is 7. The van der Waals surface area contributed by atoms with E-state index in [-0.39, 0.29) is 17.8 Å². The topological polar surface area (TPSA) is 99.1 Å². The first-order valence-corrected chi connectivity index (χ1v) is 10.2. The normalized spacial score (nSPS) is 16.0. The number of β-amino-alcohol motifs (C(OH)–C–C–N with tert-alkyl or cyclic N) is 1. The Balaban J connectivity index is 1.59. The Morgan fingerprint density at radius 1 is 1.06 bits per heavy atom. The van der Waals surface area contributed by atoms with Crippen molar-refractivity contribution in [3.63, 3.8) is 0 Å². The molecule has 0 unspecified atom stereocenters. The Bertz CT molecular complexity index is 1020. The van der Waals surface area contributed by atoms with Crippen LogP contribution in [0.25, 0.3) is 0 Å². The molecular formula is C22H26FN7O. The van der Waals surface area contributed by atoms with Gasteiger partial charge in [0.05, 0.1) is 25.3 Å². The van der Waals surface area contributed by atoms with Gasteiger partial charge in [-0.15, -0.1) is 0 Å². The molecule has 0 aliphatic carbocycles. The predicted molar refractivity (Wildman–Crippen MR) is 118 cm³/mol. The molecule has 1 aliphatic heterocycles. The van der Waals surface area contributed by atoms with Gasteiger partial charge in [-0.3, -0.25) is 4.98 Å². The van der Waals surface area contributed by atoms with Gasteiger partial charge in [-0.25, -0.2) is 9.37 Å². The van der Waals surface area contributed by atoms with Crippen LogP contribution in [0.1, 0.15) is 32.4 Å². The van der Waals surface area contributed by atoms with E-state index < -0.39 is 5.60 Å². The van der Waals surface area contributed by atoms with Gasteiger partial charge >= 0.3 is 0 Å². The van der Waals surface area contributed by atoms with Crippen molar-refractivity contribution < 1.29 is 9.50 Å². The highest BCUT2D eigenvalue weighted by Gasteiger charge is 2.44. The van der Waals surface area contributed by atoms with E-state index in [9.17, 15) is 9.50 Å². The van der Waals surface area contributed by atoms with E-state index in [1.54, 1.807) is 30.7 Å². The Labute approximate surface area is 180 Å². The Morgan fingerprint density at radius 3 is 2.45 bits per heavy atom. The third kappa shape index (κ3) is 4.72. The SMILES string of the molecule is CC(C)C1(O)CN(c2cc(Nc3cnccn3)nc(N[C@@H](C)c3ccc(F)cc3)n2)C1. The molecule has 3 heterocycles. The number of benzene rings is 1. The lowest BCUT2D eigenvalue weighted by atomic mass is 9.83. The fourth-order valence-corrected chi connectivity index (χ4v) is 3.39. The fourth-order valence-electron chi connectivity index (χ4n) is 3.39. The molecule has 0 bridgehead atoms. The number of aromatic nitrogens is 4. The van der Waals surface area contributed by atoms with E-state index >= 15 is 0 Å². The number of hydrogen-bond donors (Lipinski definition) is 3. The summed E-state index contributed by atoms with van der Waals surface area (Å²) in [5.41, 5.74) is 0.190. The van der Waals surface area contributed by atoms with Gasteiger partial charge in [-0.2, -0.15) is 9.97 Å². The lowest BCUT2D eigenvalue weighted by molar-refractivity contribution is -0.0304. The quantitative estimate of drug-likeness (QED) is 0.531. The summed E-state index contributed by atoms with van der Waals surface area (Å²) in [6.45, 7) is 6.98. The Kier molecular flexibility index (Phi) is 5.69. The third-order valence-corrected chi connectivity index (χ3v) is 5.58. The number of aliphatic hydroxyl groups is 1. The fraction of sp³-hybridized carbons (Fsp3) is 0.364. The highest BCUT2D eigenvalue weighted by atomic mass is 19.1. The summed E-state index contributed by atoms with van der Waals surface area (Å²) in [4.78, 5) is 19.5. The highest BCUT2D eigenvalue weighted by molar-refractivity contribution is 5.60. The summed E-state index contributed by atoms with van der Waals surface area (Å²) < 4.78 is 13.3. The zero-order chi connectivity index (χ0) is 22.0. The molecule has 0 spiro atoms. The summed E-state index contributed by atoms with van der Waals surface area (Å²) in [5.74, 6) is 2.10. The molecular weight excluding hydrogens is 397 g/mol. The summed E-state index contributed by atoms with van der Waals surface area (Å²) >= 11 is 0. The summed E-state index contributed by atoms with van der Waals surface area (Å²) in [6, 6.07) is 8.01. The smallest absolute Gasteiger partial charge is 0.227 e. The monoisotopic (exact) mass is 423 g/mol. The minimum atomic E-state index is -0.724. The molecule has 1 fully saturated rings.